The van der Waals surface area contributed by atoms with Crippen molar-refractivity contribution in [2.75, 3.05) is 12.8 Å². The summed E-state index contributed by atoms with van der Waals surface area (Å²) in [5, 5.41) is 3.79. The molecule has 0 unspecified atom stereocenters. The van der Waals surface area contributed by atoms with Gasteiger partial charge in [-0.05, 0) is 50.2 Å². The van der Waals surface area contributed by atoms with Crippen LogP contribution < -0.4 is 5.32 Å². The van der Waals surface area contributed by atoms with E-state index < -0.39 is 0 Å². The van der Waals surface area contributed by atoms with Gasteiger partial charge in [-0.3, -0.25) is 0 Å². The summed E-state index contributed by atoms with van der Waals surface area (Å²) in [5.41, 5.74) is 0.606. The molecular formula is C13H25NS. The van der Waals surface area contributed by atoms with E-state index in [0.717, 1.165) is 6.04 Å². The number of hydrogen-bond acceptors (Lipinski definition) is 2. The maximum Gasteiger partial charge on any atom is 0.0282 e. The predicted molar refractivity (Wildman–Crippen MR) is 69.5 cm³/mol. The summed E-state index contributed by atoms with van der Waals surface area (Å²) in [6.45, 7) is 6.07. The van der Waals surface area contributed by atoms with Crippen LogP contribution >= 0.6 is 11.8 Å². The molecule has 0 atom stereocenters. The molecule has 0 aromatic carbocycles. The molecule has 2 saturated carbocycles. The Bertz CT molecular complexity index is 211. The maximum absolute atomic E-state index is 3.79. The molecule has 0 radical (unpaired) electrons. The lowest BCUT2D eigenvalue weighted by atomic mass is 9.75. The van der Waals surface area contributed by atoms with Crippen molar-refractivity contribution < 1.29 is 0 Å². The molecule has 2 heteroatoms. The Hall–Kier alpha value is 0.310. The minimum absolute atomic E-state index is 0.606. The Morgan fingerprint density at radius 2 is 1.73 bits per heavy atom. The highest BCUT2D eigenvalue weighted by Gasteiger charge is 2.42. The fourth-order valence-corrected chi connectivity index (χ4v) is 3.26. The minimum Gasteiger partial charge on any atom is -0.313 e. The molecule has 0 heterocycles. The highest BCUT2D eigenvalue weighted by Crippen LogP contribution is 2.46. The van der Waals surface area contributed by atoms with Gasteiger partial charge in [0, 0.05) is 17.3 Å². The fourth-order valence-electron chi connectivity index (χ4n) is 2.53. The number of nitrogens with one attached hydrogen (secondary N) is 1. The Morgan fingerprint density at radius 3 is 2.20 bits per heavy atom. The van der Waals surface area contributed by atoms with E-state index in [1.54, 1.807) is 0 Å². The van der Waals surface area contributed by atoms with Crippen LogP contribution in [0.2, 0.25) is 0 Å². The largest absolute Gasteiger partial charge is 0.313 e. The molecule has 0 saturated heterocycles. The third-order valence-electron chi connectivity index (χ3n) is 4.29. The smallest absolute Gasteiger partial charge is 0.0282 e. The zero-order valence-electron chi connectivity index (χ0n) is 10.4. The molecule has 0 amide bonds. The number of hydrogen-bond donors (Lipinski definition) is 1. The van der Waals surface area contributed by atoms with Crippen molar-refractivity contribution in [1.82, 2.24) is 5.32 Å². The second-order valence-corrected chi connectivity index (χ2v) is 7.48. The summed E-state index contributed by atoms with van der Waals surface area (Å²) < 4.78 is 0.632. The van der Waals surface area contributed by atoms with Gasteiger partial charge < -0.3 is 5.32 Å². The van der Waals surface area contributed by atoms with Gasteiger partial charge in [0.05, 0.1) is 0 Å². The summed E-state index contributed by atoms with van der Waals surface area (Å²) in [5.74, 6) is 0. The molecule has 0 aromatic heterocycles. The lowest BCUT2D eigenvalue weighted by Crippen LogP contribution is -2.39. The fraction of sp³-hybridized carbons (Fsp3) is 1.00. The maximum atomic E-state index is 3.79. The van der Waals surface area contributed by atoms with Gasteiger partial charge in [-0.25, -0.2) is 0 Å². The lowest BCUT2D eigenvalue weighted by Gasteiger charge is -2.35. The molecule has 0 bridgehead atoms. The first-order valence-electron chi connectivity index (χ1n) is 6.34. The van der Waals surface area contributed by atoms with E-state index in [9.17, 15) is 0 Å². The Balaban J connectivity index is 1.69. The topological polar surface area (TPSA) is 12.0 Å². The van der Waals surface area contributed by atoms with Crippen LogP contribution in [0.15, 0.2) is 0 Å². The molecule has 15 heavy (non-hydrogen) atoms. The molecule has 2 fully saturated rings. The first-order chi connectivity index (χ1) is 7.05. The third-order valence-corrected chi connectivity index (χ3v) is 5.71. The van der Waals surface area contributed by atoms with Crippen molar-refractivity contribution in [1.29, 1.82) is 0 Å². The van der Waals surface area contributed by atoms with Crippen LogP contribution in [0.1, 0.15) is 52.4 Å². The van der Waals surface area contributed by atoms with Gasteiger partial charge in [-0.1, -0.05) is 13.8 Å². The molecule has 2 rings (SSSR count). The van der Waals surface area contributed by atoms with E-state index in [1.165, 1.54) is 45.1 Å². The molecule has 0 aliphatic heterocycles. The Labute approximate surface area is 98.8 Å². The summed E-state index contributed by atoms with van der Waals surface area (Å²) in [7, 11) is 0. The van der Waals surface area contributed by atoms with Crippen LogP contribution in [-0.4, -0.2) is 23.6 Å². The highest BCUT2D eigenvalue weighted by molar-refractivity contribution is 8.00. The van der Waals surface area contributed by atoms with Crippen molar-refractivity contribution in [2.24, 2.45) is 5.41 Å². The molecular weight excluding hydrogens is 202 g/mol. The van der Waals surface area contributed by atoms with Crippen molar-refractivity contribution in [3.8, 4) is 0 Å². The molecule has 1 N–H and O–H groups in total. The van der Waals surface area contributed by atoms with Crippen LogP contribution in [0, 0.1) is 5.41 Å². The SMILES string of the molecule is CSC1(CNC2CCC(C)(C)CC2)CC1. The summed E-state index contributed by atoms with van der Waals surface area (Å²) in [4.78, 5) is 0. The summed E-state index contributed by atoms with van der Waals surface area (Å²) in [6.07, 6.45) is 10.7. The normalized spacial score (nSPS) is 29.0. The van der Waals surface area contributed by atoms with Gasteiger partial charge in [-0.15, -0.1) is 0 Å². The summed E-state index contributed by atoms with van der Waals surface area (Å²) in [6, 6.07) is 0.808. The van der Waals surface area contributed by atoms with E-state index in [1.807, 2.05) is 0 Å². The summed E-state index contributed by atoms with van der Waals surface area (Å²) >= 11 is 2.06. The Morgan fingerprint density at radius 1 is 1.13 bits per heavy atom. The van der Waals surface area contributed by atoms with E-state index in [2.05, 4.69) is 37.2 Å². The van der Waals surface area contributed by atoms with Crippen LogP contribution in [-0.2, 0) is 0 Å². The Kier molecular flexibility index (Phi) is 3.37. The van der Waals surface area contributed by atoms with E-state index in [4.69, 9.17) is 0 Å². The number of rotatable bonds is 4. The van der Waals surface area contributed by atoms with Crippen molar-refractivity contribution in [2.45, 2.75) is 63.2 Å². The third kappa shape index (κ3) is 3.13. The molecule has 0 spiro atoms. The zero-order valence-corrected chi connectivity index (χ0v) is 11.3. The van der Waals surface area contributed by atoms with Crippen molar-refractivity contribution in [3.05, 3.63) is 0 Å². The van der Waals surface area contributed by atoms with Crippen LogP contribution in [0.3, 0.4) is 0 Å². The van der Waals surface area contributed by atoms with Gasteiger partial charge in [0.15, 0.2) is 0 Å². The molecule has 1 nitrogen and oxygen atoms in total. The van der Waals surface area contributed by atoms with Gasteiger partial charge in [0.1, 0.15) is 0 Å². The average Bonchev–Trinajstić information content (AvgIpc) is 2.97. The first-order valence-corrected chi connectivity index (χ1v) is 7.56. The van der Waals surface area contributed by atoms with Crippen molar-refractivity contribution in [3.63, 3.8) is 0 Å². The first kappa shape index (κ1) is 11.8. The minimum atomic E-state index is 0.606. The molecule has 88 valence electrons. The van der Waals surface area contributed by atoms with Crippen LogP contribution in [0.4, 0.5) is 0 Å². The second kappa shape index (κ2) is 4.29. The van der Waals surface area contributed by atoms with Gasteiger partial charge in [-0.2, -0.15) is 11.8 Å². The molecule has 2 aliphatic rings. The van der Waals surface area contributed by atoms with Crippen molar-refractivity contribution >= 4 is 11.8 Å². The van der Waals surface area contributed by atoms with Gasteiger partial charge >= 0.3 is 0 Å². The van der Waals surface area contributed by atoms with Crippen LogP contribution in [0.25, 0.3) is 0 Å². The molecule has 2 aliphatic carbocycles. The van der Waals surface area contributed by atoms with Gasteiger partial charge in [0.25, 0.3) is 0 Å². The lowest BCUT2D eigenvalue weighted by molar-refractivity contribution is 0.206. The quantitative estimate of drug-likeness (QED) is 0.789. The van der Waals surface area contributed by atoms with E-state index in [-0.39, 0.29) is 0 Å². The van der Waals surface area contributed by atoms with Gasteiger partial charge in [0.2, 0.25) is 0 Å². The van der Waals surface area contributed by atoms with E-state index >= 15 is 0 Å². The monoisotopic (exact) mass is 227 g/mol. The standard InChI is InChI=1S/C13H25NS/c1-12(2)6-4-11(5-7-12)14-10-13(15-3)8-9-13/h11,14H,4-10H2,1-3H3. The molecule has 0 aromatic rings. The second-order valence-electron chi connectivity index (χ2n) is 6.21. The number of thioether (sulfide) groups is 1. The zero-order chi connectivity index (χ0) is 10.9. The predicted octanol–water partition coefficient (Wildman–Crippen LogP) is 3.44. The highest BCUT2D eigenvalue weighted by atomic mass is 32.2. The average molecular weight is 227 g/mol. The van der Waals surface area contributed by atoms with Crippen LogP contribution in [0.5, 0.6) is 0 Å². The van der Waals surface area contributed by atoms with E-state index in [0.29, 0.717) is 10.2 Å².